The van der Waals surface area contributed by atoms with Crippen LogP contribution in [0.5, 0.6) is 11.5 Å². The van der Waals surface area contributed by atoms with Crippen LogP contribution in [0.15, 0.2) is 78.0 Å². The molecule has 1 atom stereocenters. The van der Waals surface area contributed by atoms with Crippen molar-refractivity contribution in [2.24, 2.45) is 5.16 Å². The number of carbonyl (C=O) groups is 1. The van der Waals surface area contributed by atoms with E-state index in [9.17, 15) is 9.18 Å². The summed E-state index contributed by atoms with van der Waals surface area (Å²) in [4.78, 5) is 17.3. The number of para-hydroxylation sites is 1. The van der Waals surface area contributed by atoms with Crippen LogP contribution in [0.4, 0.5) is 10.1 Å². The predicted molar refractivity (Wildman–Crippen MR) is 117 cm³/mol. The minimum Gasteiger partial charge on any atom is -0.493 e. The van der Waals surface area contributed by atoms with Gasteiger partial charge in [-0.2, -0.15) is 0 Å². The van der Waals surface area contributed by atoms with Crippen molar-refractivity contribution in [2.75, 3.05) is 12.4 Å². The van der Waals surface area contributed by atoms with Gasteiger partial charge in [0.15, 0.2) is 11.5 Å². The Morgan fingerprint density at radius 2 is 1.81 bits per heavy atom. The third-order valence-electron chi connectivity index (χ3n) is 4.35. The van der Waals surface area contributed by atoms with Crippen molar-refractivity contribution < 1.29 is 23.5 Å². The maximum atomic E-state index is 13.6. The van der Waals surface area contributed by atoms with Crippen LogP contribution in [0, 0.1) is 5.82 Å². The van der Waals surface area contributed by atoms with E-state index in [0.717, 1.165) is 5.56 Å². The number of nitrogens with zero attached hydrogens (tertiary/aromatic N) is 1. The minimum atomic E-state index is -0.911. The number of oxime groups is 1. The molecule has 0 radical (unpaired) electrons. The van der Waals surface area contributed by atoms with Gasteiger partial charge in [0.2, 0.25) is 6.10 Å². The highest BCUT2D eigenvalue weighted by Crippen LogP contribution is 2.28. The summed E-state index contributed by atoms with van der Waals surface area (Å²) in [5.41, 5.74) is 1.83. The van der Waals surface area contributed by atoms with E-state index in [-0.39, 0.29) is 5.69 Å². The first kappa shape index (κ1) is 21.8. The molecule has 0 aliphatic heterocycles. The number of rotatable bonds is 9. The highest BCUT2D eigenvalue weighted by molar-refractivity contribution is 5.94. The molecule has 31 heavy (non-hydrogen) atoms. The summed E-state index contributed by atoms with van der Waals surface area (Å²) >= 11 is 0. The smallest absolute Gasteiger partial charge is 0.268 e. The number of benzene rings is 3. The minimum absolute atomic E-state index is 0.0859. The molecule has 0 aliphatic rings. The Hall–Kier alpha value is -3.87. The van der Waals surface area contributed by atoms with Crippen molar-refractivity contribution >= 4 is 17.8 Å². The van der Waals surface area contributed by atoms with Crippen LogP contribution in [0.1, 0.15) is 18.1 Å². The van der Waals surface area contributed by atoms with Crippen molar-refractivity contribution in [1.82, 2.24) is 0 Å². The summed E-state index contributed by atoms with van der Waals surface area (Å²) in [6, 6.07) is 21.0. The van der Waals surface area contributed by atoms with Crippen molar-refractivity contribution in [3.63, 3.8) is 0 Å². The van der Waals surface area contributed by atoms with Gasteiger partial charge in [-0.25, -0.2) is 4.39 Å². The number of hydrogen-bond donors (Lipinski definition) is 1. The summed E-state index contributed by atoms with van der Waals surface area (Å²) in [6.45, 7) is 1.94. The zero-order chi connectivity index (χ0) is 22.1. The molecule has 0 aromatic heterocycles. The first-order chi connectivity index (χ1) is 15.1. The molecule has 0 fully saturated rings. The highest BCUT2D eigenvalue weighted by Gasteiger charge is 2.15. The lowest BCUT2D eigenvalue weighted by atomic mass is 10.2. The van der Waals surface area contributed by atoms with E-state index in [2.05, 4.69) is 10.5 Å². The van der Waals surface area contributed by atoms with Gasteiger partial charge in [-0.3, -0.25) is 4.79 Å². The molecule has 0 spiro atoms. The number of nitrogens with one attached hydrogen (secondary N) is 1. The number of hydrogen-bond acceptors (Lipinski definition) is 5. The second-order valence-electron chi connectivity index (χ2n) is 6.64. The Kier molecular flexibility index (Phi) is 7.59. The van der Waals surface area contributed by atoms with Gasteiger partial charge in [0.25, 0.3) is 5.91 Å². The Morgan fingerprint density at radius 1 is 1.06 bits per heavy atom. The largest absolute Gasteiger partial charge is 0.493 e. The van der Waals surface area contributed by atoms with Gasteiger partial charge >= 0.3 is 0 Å². The number of methoxy groups -OCH3 is 1. The molecular weight excluding hydrogens is 399 g/mol. The van der Waals surface area contributed by atoms with Crippen LogP contribution in [0.3, 0.4) is 0 Å². The Labute approximate surface area is 180 Å². The van der Waals surface area contributed by atoms with E-state index in [1.165, 1.54) is 25.3 Å². The van der Waals surface area contributed by atoms with Crippen LogP contribution >= 0.6 is 0 Å². The quantitative estimate of drug-likeness (QED) is 0.398. The molecule has 0 saturated heterocycles. The van der Waals surface area contributed by atoms with Gasteiger partial charge in [0, 0.05) is 5.56 Å². The average Bonchev–Trinajstić information content (AvgIpc) is 2.80. The van der Waals surface area contributed by atoms with E-state index in [1.54, 1.807) is 37.4 Å². The predicted octanol–water partition coefficient (Wildman–Crippen LogP) is 4.79. The lowest BCUT2D eigenvalue weighted by Gasteiger charge is -2.12. The number of amides is 1. The van der Waals surface area contributed by atoms with Gasteiger partial charge in [0.1, 0.15) is 12.4 Å². The van der Waals surface area contributed by atoms with Crippen molar-refractivity contribution in [1.29, 1.82) is 0 Å². The van der Waals surface area contributed by atoms with Crippen LogP contribution in [-0.2, 0) is 16.2 Å². The van der Waals surface area contributed by atoms with Crippen LogP contribution in [0.2, 0.25) is 0 Å². The van der Waals surface area contributed by atoms with Gasteiger partial charge < -0.3 is 19.6 Å². The SMILES string of the molecule is COc1cc(/C=N\O[C@H](C)C(=O)Nc2ccccc2F)ccc1OCc1ccccc1. The molecule has 1 amide bonds. The Morgan fingerprint density at radius 3 is 2.55 bits per heavy atom. The van der Waals surface area contributed by atoms with E-state index >= 15 is 0 Å². The average molecular weight is 422 g/mol. The monoisotopic (exact) mass is 422 g/mol. The van der Waals surface area contributed by atoms with Crippen molar-refractivity contribution in [2.45, 2.75) is 19.6 Å². The zero-order valence-corrected chi connectivity index (χ0v) is 17.2. The number of ether oxygens (including phenoxy) is 2. The lowest BCUT2D eigenvalue weighted by Crippen LogP contribution is -2.26. The van der Waals surface area contributed by atoms with Crippen LogP contribution in [-0.4, -0.2) is 25.3 Å². The van der Waals surface area contributed by atoms with Gasteiger partial charge in [-0.05, 0) is 42.8 Å². The van der Waals surface area contributed by atoms with Crippen LogP contribution < -0.4 is 14.8 Å². The molecule has 0 saturated carbocycles. The zero-order valence-electron chi connectivity index (χ0n) is 17.2. The summed E-state index contributed by atoms with van der Waals surface area (Å²) in [5.74, 6) is 0.116. The van der Waals surface area contributed by atoms with E-state index in [1.807, 2.05) is 30.3 Å². The second-order valence-corrected chi connectivity index (χ2v) is 6.64. The van der Waals surface area contributed by atoms with Gasteiger partial charge in [-0.15, -0.1) is 0 Å². The van der Waals surface area contributed by atoms with E-state index < -0.39 is 17.8 Å². The number of halogens is 1. The molecule has 160 valence electrons. The third kappa shape index (κ3) is 6.30. The molecule has 3 aromatic rings. The third-order valence-corrected chi connectivity index (χ3v) is 4.35. The molecular formula is C24H23FN2O4. The molecule has 0 aliphatic carbocycles. The summed E-state index contributed by atoms with van der Waals surface area (Å²) in [6.07, 6.45) is 0.544. The fraction of sp³-hybridized carbons (Fsp3) is 0.167. The first-order valence-corrected chi connectivity index (χ1v) is 9.66. The number of anilines is 1. The standard InChI is InChI=1S/C24H23FN2O4/c1-17(24(28)27-21-11-7-6-10-20(21)25)31-26-15-19-12-13-22(23(14-19)29-2)30-16-18-8-4-3-5-9-18/h3-15,17H,16H2,1-2H3,(H,27,28)/b26-15-/t17-/m1/s1. The fourth-order valence-corrected chi connectivity index (χ4v) is 2.65. The lowest BCUT2D eigenvalue weighted by molar-refractivity contribution is -0.126. The van der Waals surface area contributed by atoms with Gasteiger partial charge in [0.05, 0.1) is 19.0 Å². The molecule has 1 N–H and O–H groups in total. The maximum Gasteiger partial charge on any atom is 0.268 e. The molecule has 0 unspecified atom stereocenters. The normalized spacial score (nSPS) is 11.7. The van der Waals surface area contributed by atoms with E-state index in [4.69, 9.17) is 14.3 Å². The van der Waals surface area contributed by atoms with Crippen molar-refractivity contribution in [3.05, 3.63) is 89.7 Å². The van der Waals surface area contributed by atoms with Gasteiger partial charge in [-0.1, -0.05) is 47.6 Å². The topological polar surface area (TPSA) is 69.2 Å². The molecule has 7 heteroatoms. The highest BCUT2D eigenvalue weighted by atomic mass is 19.1. The summed E-state index contributed by atoms with van der Waals surface area (Å²) in [5, 5.41) is 6.31. The van der Waals surface area contributed by atoms with E-state index in [0.29, 0.717) is 23.7 Å². The first-order valence-electron chi connectivity index (χ1n) is 9.66. The maximum absolute atomic E-state index is 13.6. The Bertz CT molecular complexity index is 1040. The molecule has 6 nitrogen and oxygen atoms in total. The van der Waals surface area contributed by atoms with Crippen molar-refractivity contribution in [3.8, 4) is 11.5 Å². The Balaban J connectivity index is 1.56. The van der Waals surface area contributed by atoms with Crippen LogP contribution in [0.25, 0.3) is 0 Å². The summed E-state index contributed by atoms with van der Waals surface area (Å²) in [7, 11) is 1.55. The molecule has 3 rings (SSSR count). The molecule has 3 aromatic carbocycles. The molecule has 0 bridgehead atoms. The number of carbonyl (C=O) groups excluding carboxylic acids is 1. The second kappa shape index (κ2) is 10.8. The fourth-order valence-electron chi connectivity index (χ4n) is 2.65. The molecule has 0 heterocycles. The summed E-state index contributed by atoms with van der Waals surface area (Å²) < 4.78 is 24.9.